The molecule has 1 fully saturated rings. The van der Waals surface area contributed by atoms with E-state index in [0.717, 1.165) is 10.6 Å². The summed E-state index contributed by atoms with van der Waals surface area (Å²) in [5.74, 6) is 0.427. The molecule has 0 radical (unpaired) electrons. The van der Waals surface area contributed by atoms with Crippen molar-refractivity contribution in [1.82, 2.24) is 10.2 Å². The largest absolute Gasteiger partial charge is 0.360 e. The Morgan fingerprint density at radius 3 is 2.73 bits per heavy atom. The predicted molar refractivity (Wildman–Crippen MR) is 84.4 cm³/mol. The normalized spacial score (nSPS) is 20.1. The fourth-order valence-corrected chi connectivity index (χ4v) is 5.08. The fourth-order valence-electron chi connectivity index (χ4n) is 2.44. The molecule has 8 heteroatoms. The van der Waals surface area contributed by atoms with E-state index < -0.39 is 9.84 Å². The predicted octanol–water partition coefficient (Wildman–Crippen LogP) is 2.11. The van der Waals surface area contributed by atoms with Crippen LogP contribution in [0.15, 0.2) is 24.3 Å². The van der Waals surface area contributed by atoms with Crippen LogP contribution in [0, 0.1) is 11.7 Å². The molecule has 5 nitrogen and oxygen atoms in total. The van der Waals surface area contributed by atoms with Crippen molar-refractivity contribution >= 4 is 26.3 Å². The highest BCUT2D eigenvalue weighted by atomic mass is 32.2. The second-order valence-corrected chi connectivity index (χ2v) is 8.74. The second-order valence-electron chi connectivity index (χ2n) is 5.45. The monoisotopic (exact) mass is 341 g/mol. The van der Waals surface area contributed by atoms with E-state index in [-0.39, 0.29) is 23.2 Å². The number of aromatic nitrogens is 2. The van der Waals surface area contributed by atoms with Crippen LogP contribution in [0.5, 0.6) is 0 Å². The Balaban J connectivity index is 1.54. The van der Waals surface area contributed by atoms with Crippen molar-refractivity contribution in [2.24, 2.45) is 5.92 Å². The molecule has 1 aromatic heterocycles. The molecule has 2 heterocycles. The lowest BCUT2D eigenvalue weighted by atomic mass is 10.1. The van der Waals surface area contributed by atoms with Crippen LogP contribution in [-0.4, -0.2) is 36.7 Å². The van der Waals surface area contributed by atoms with Crippen molar-refractivity contribution < 1.29 is 12.8 Å². The van der Waals surface area contributed by atoms with E-state index in [0.29, 0.717) is 24.5 Å². The molecule has 0 spiro atoms. The quantitative estimate of drug-likeness (QED) is 0.902. The van der Waals surface area contributed by atoms with Crippen molar-refractivity contribution in [2.75, 3.05) is 23.4 Å². The summed E-state index contributed by atoms with van der Waals surface area (Å²) in [4.78, 5) is 0. The Hall–Kier alpha value is -1.54. The second kappa shape index (κ2) is 6.29. The molecule has 0 saturated carbocycles. The molecule has 2 aromatic rings. The minimum absolute atomic E-state index is 0.148. The number of sulfone groups is 1. The van der Waals surface area contributed by atoms with Gasteiger partial charge < -0.3 is 5.32 Å². The van der Waals surface area contributed by atoms with E-state index in [4.69, 9.17) is 0 Å². The molecule has 3 rings (SSSR count). The number of nitrogens with one attached hydrogen (secondary N) is 1. The number of hydrogen-bond acceptors (Lipinski definition) is 6. The van der Waals surface area contributed by atoms with Gasteiger partial charge in [0, 0.05) is 13.0 Å². The minimum Gasteiger partial charge on any atom is -0.360 e. The SMILES string of the molecule is O=S1(=O)CC[C@@H](CNc2nnc(Cc3ccc(F)cc3)s2)C1. The van der Waals surface area contributed by atoms with Gasteiger partial charge in [0.2, 0.25) is 5.13 Å². The first-order valence-electron chi connectivity index (χ1n) is 7.01. The van der Waals surface area contributed by atoms with Crippen LogP contribution in [0.2, 0.25) is 0 Å². The maximum atomic E-state index is 12.9. The van der Waals surface area contributed by atoms with Crippen LogP contribution in [0.4, 0.5) is 9.52 Å². The maximum Gasteiger partial charge on any atom is 0.205 e. The molecule has 118 valence electrons. The third-order valence-electron chi connectivity index (χ3n) is 3.60. The van der Waals surface area contributed by atoms with Gasteiger partial charge in [-0.3, -0.25) is 0 Å². The first-order chi connectivity index (χ1) is 10.5. The van der Waals surface area contributed by atoms with Gasteiger partial charge in [-0.25, -0.2) is 12.8 Å². The molecule has 1 N–H and O–H groups in total. The zero-order valence-corrected chi connectivity index (χ0v) is 13.5. The highest BCUT2D eigenvalue weighted by Crippen LogP contribution is 2.22. The molecule has 0 aliphatic carbocycles. The molecule has 0 amide bonds. The Labute approximate surface area is 132 Å². The van der Waals surface area contributed by atoms with Gasteiger partial charge in [-0.05, 0) is 30.0 Å². The average Bonchev–Trinajstić information content (AvgIpc) is 3.05. The van der Waals surface area contributed by atoms with Crippen molar-refractivity contribution in [2.45, 2.75) is 12.8 Å². The van der Waals surface area contributed by atoms with Crippen molar-refractivity contribution in [3.63, 3.8) is 0 Å². The van der Waals surface area contributed by atoms with Crippen LogP contribution in [0.25, 0.3) is 0 Å². The van der Waals surface area contributed by atoms with Gasteiger partial charge in [-0.1, -0.05) is 23.5 Å². The van der Waals surface area contributed by atoms with E-state index in [1.165, 1.54) is 23.5 Å². The Kier molecular flexibility index (Phi) is 4.39. The van der Waals surface area contributed by atoms with Gasteiger partial charge in [0.1, 0.15) is 10.8 Å². The molecule has 1 saturated heterocycles. The summed E-state index contributed by atoms with van der Waals surface area (Å²) in [5, 5.41) is 12.9. The van der Waals surface area contributed by atoms with E-state index in [9.17, 15) is 12.8 Å². The molecule has 1 aliphatic rings. The lowest BCUT2D eigenvalue weighted by Gasteiger charge is -2.07. The van der Waals surface area contributed by atoms with Gasteiger partial charge in [-0.2, -0.15) is 0 Å². The standard InChI is InChI=1S/C14H16FN3O2S2/c15-12-3-1-10(2-4-12)7-13-17-18-14(21-13)16-8-11-5-6-22(19,20)9-11/h1-4,11H,5-9H2,(H,16,18)/t11-/m0/s1. The van der Waals surface area contributed by atoms with E-state index in [1.54, 1.807) is 12.1 Å². The lowest BCUT2D eigenvalue weighted by molar-refractivity contribution is 0.596. The van der Waals surface area contributed by atoms with Crippen molar-refractivity contribution in [3.8, 4) is 0 Å². The summed E-state index contributed by atoms with van der Waals surface area (Å²) >= 11 is 1.44. The average molecular weight is 341 g/mol. The number of benzene rings is 1. The third kappa shape index (κ3) is 4.01. The van der Waals surface area contributed by atoms with Gasteiger partial charge in [0.05, 0.1) is 11.5 Å². The summed E-state index contributed by atoms with van der Waals surface area (Å²) in [7, 11) is -2.84. The van der Waals surface area contributed by atoms with Gasteiger partial charge in [0.15, 0.2) is 9.84 Å². The summed E-state index contributed by atoms with van der Waals surface area (Å²) in [6, 6.07) is 6.31. The van der Waals surface area contributed by atoms with Crippen LogP contribution < -0.4 is 5.32 Å². The summed E-state index contributed by atoms with van der Waals surface area (Å²) in [6.45, 7) is 0.602. The Morgan fingerprint density at radius 1 is 1.27 bits per heavy atom. The van der Waals surface area contributed by atoms with Crippen molar-refractivity contribution in [3.05, 3.63) is 40.7 Å². The number of rotatable bonds is 5. The van der Waals surface area contributed by atoms with E-state index >= 15 is 0 Å². The molecule has 0 bridgehead atoms. The van der Waals surface area contributed by atoms with Crippen LogP contribution in [0.3, 0.4) is 0 Å². The molecular formula is C14H16FN3O2S2. The van der Waals surface area contributed by atoms with Gasteiger partial charge >= 0.3 is 0 Å². The lowest BCUT2D eigenvalue weighted by Crippen LogP contribution is -2.15. The molecule has 0 unspecified atom stereocenters. The minimum atomic E-state index is -2.84. The summed E-state index contributed by atoms with van der Waals surface area (Å²) in [5.41, 5.74) is 0.978. The van der Waals surface area contributed by atoms with E-state index in [2.05, 4.69) is 15.5 Å². The Morgan fingerprint density at radius 2 is 2.05 bits per heavy atom. The first kappa shape index (κ1) is 15.4. The number of hydrogen-bond donors (Lipinski definition) is 1. The van der Waals surface area contributed by atoms with E-state index in [1.807, 2.05) is 0 Å². The van der Waals surface area contributed by atoms with Crippen LogP contribution in [-0.2, 0) is 16.3 Å². The molecule has 22 heavy (non-hydrogen) atoms. The maximum absolute atomic E-state index is 12.9. The number of halogens is 1. The molecular weight excluding hydrogens is 325 g/mol. The zero-order valence-electron chi connectivity index (χ0n) is 11.8. The smallest absolute Gasteiger partial charge is 0.205 e. The number of nitrogens with zero attached hydrogens (tertiary/aromatic N) is 2. The fraction of sp³-hybridized carbons (Fsp3) is 0.429. The van der Waals surface area contributed by atoms with Gasteiger partial charge in [0.25, 0.3) is 0 Å². The summed E-state index contributed by atoms with van der Waals surface area (Å²) in [6.07, 6.45) is 1.31. The van der Waals surface area contributed by atoms with Crippen LogP contribution >= 0.6 is 11.3 Å². The Bertz CT molecular complexity index is 744. The topological polar surface area (TPSA) is 72.0 Å². The van der Waals surface area contributed by atoms with Crippen molar-refractivity contribution in [1.29, 1.82) is 0 Å². The van der Waals surface area contributed by atoms with Crippen LogP contribution in [0.1, 0.15) is 17.0 Å². The molecule has 1 aromatic carbocycles. The zero-order chi connectivity index (χ0) is 15.6. The first-order valence-corrected chi connectivity index (χ1v) is 9.65. The molecule has 1 aliphatic heterocycles. The number of anilines is 1. The highest BCUT2D eigenvalue weighted by Gasteiger charge is 2.27. The third-order valence-corrected chi connectivity index (χ3v) is 6.32. The summed E-state index contributed by atoms with van der Waals surface area (Å²) < 4.78 is 35.7. The van der Waals surface area contributed by atoms with Gasteiger partial charge in [-0.15, -0.1) is 10.2 Å². The molecule has 1 atom stereocenters. The highest BCUT2D eigenvalue weighted by molar-refractivity contribution is 7.91.